The molecular weight excluding hydrogens is 454 g/mol. The summed E-state index contributed by atoms with van der Waals surface area (Å²) in [7, 11) is -2.05. The lowest BCUT2D eigenvalue weighted by Crippen LogP contribution is -2.41. The maximum absolute atomic E-state index is 13.2. The molecule has 1 N–H and O–H groups in total. The molecule has 34 heavy (non-hydrogen) atoms. The number of rotatable bonds is 8. The summed E-state index contributed by atoms with van der Waals surface area (Å²) in [6.07, 6.45) is 2.28. The van der Waals surface area contributed by atoms with Gasteiger partial charge in [0.25, 0.3) is 5.91 Å². The molecular formula is C25H33N3O5S. The Labute approximate surface area is 201 Å². The molecule has 2 saturated heterocycles. The van der Waals surface area contributed by atoms with Crippen LogP contribution in [0.5, 0.6) is 5.75 Å². The van der Waals surface area contributed by atoms with Gasteiger partial charge in [-0.05, 0) is 68.2 Å². The summed E-state index contributed by atoms with van der Waals surface area (Å²) in [5.74, 6) is 0.512. The molecule has 4 rings (SSSR count). The summed E-state index contributed by atoms with van der Waals surface area (Å²) in [6.45, 7) is 5.54. The van der Waals surface area contributed by atoms with E-state index in [0.717, 1.165) is 37.2 Å². The number of carbonyl (C=O) groups excluding carboxylic acids is 1. The number of sulfonamides is 1. The van der Waals surface area contributed by atoms with Crippen LogP contribution in [0.1, 0.15) is 40.4 Å². The molecule has 8 nitrogen and oxygen atoms in total. The van der Waals surface area contributed by atoms with Gasteiger partial charge >= 0.3 is 0 Å². The monoisotopic (exact) mass is 487 g/mol. The highest BCUT2D eigenvalue weighted by atomic mass is 32.2. The van der Waals surface area contributed by atoms with Crippen LogP contribution in [0.25, 0.3) is 0 Å². The van der Waals surface area contributed by atoms with Crippen LogP contribution in [0, 0.1) is 6.92 Å². The van der Waals surface area contributed by atoms with Crippen LogP contribution >= 0.6 is 0 Å². The molecule has 0 unspecified atom stereocenters. The van der Waals surface area contributed by atoms with Crippen molar-refractivity contribution in [1.29, 1.82) is 0 Å². The summed E-state index contributed by atoms with van der Waals surface area (Å²) in [6, 6.07) is 12.9. The third-order valence-electron chi connectivity index (χ3n) is 6.58. The number of nitrogens with one attached hydrogen (secondary N) is 1. The van der Waals surface area contributed by atoms with E-state index in [2.05, 4.69) is 10.2 Å². The van der Waals surface area contributed by atoms with Crippen LogP contribution in [0.2, 0.25) is 0 Å². The molecule has 2 aromatic carbocycles. The summed E-state index contributed by atoms with van der Waals surface area (Å²) in [5, 5.41) is 3.04. The number of carbonyl (C=O) groups is 1. The Morgan fingerprint density at radius 3 is 2.38 bits per heavy atom. The molecule has 9 heteroatoms. The lowest BCUT2D eigenvalue weighted by Gasteiger charge is -2.28. The number of ether oxygens (including phenoxy) is 2. The van der Waals surface area contributed by atoms with E-state index < -0.39 is 10.0 Å². The molecule has 184 valence electrons. The Kier molecular flexibility index (Phi) is 7.88. The fraction of sp³-hybridized carbons (Fsp3) is 0.480. The van der Waals surface area contributed by atoms with Crippen LogP contribution in [0.3, 0.4) is 0 Å². The van der Waals surface area contributed by atoms with E-state index in [9.17, 15) is 13.2 Å². The summed E-state index contributed by atoms with van der Waals surface area (Å²) < 4.78 is 38.4. The molecule has 2 aliphatic heterocycles. The van der Waals surface area contributed by atoms with Crippen LogP contribution in [-0.4, -0.2) is 76.6 Å². The second-order valence-electron chi connectivity index (χ2n) is 8.74. The molecule has 0 aromatic heterocycles. The highest BCUT2D eigenvalue weighted by Gasteiger charge is 2.29. The smallest absolute Gasteiger partial charge is 0.251 e. The quantitative estimate of drug-likeness (QED) is 0.616. The number of aryl methyl sites for hydroxylation is 1. The van der Waals surface area contributed by atoms with Gasteiger partial charge in [0.15, 0.2) is 0 Å². The first-order valence-corrected chi connectivity index (χ1v) is 13.2. The molecule has 1 atom stereocenters. The summed E-state index contributed by atoms with van der Waals surface area (Å²) in [5.41, 5.74) is 2.08. The van der Waals surface area contributed by atoms with Gasteiger partial charge in [-0.15, -0.1) is 0 Å². The van der Waals surface area contributed by atoms with Crippen molar-refractivity contribution in [3.8, 4) is 5.75 Å². The minimum Gasteiger partial charge on any atom is -0.497 e. The third-order valence-corrected chi connectivity index (χ3v) is 8.62. The Morgan fingerprint density at radius 2 is 1.74 bits per heavy atom. The van der Waals surface area contributed by atoms with E-state index in [1.165, 1.54) is 10.4 Å². The summed E-state index contributed by atoms with van der Waals surface area (Å²) in [4.78, 5) is 15.6. The Morgan fingerprint density at radius 1 is 1.06 bits per heavy atom. The summed E-state index contributed by atoms with van der Waals surface area (Å²) >= 11 is 0. The minimum absolute atomic E-state index is 0.0411. The van der Waals surface area contributed by atoms with Crippen molar-refractivity contribution in [1.82, 2.24) is 14.5 Å². The fourth-order valence-electron chi connectivity index (χ4n) is 4.57. The Hall–Kier alpha value is -2.46. The molecule has 0 aliphatic carbocycles. The number of amides is 1. The van der Waals surface area contributed by atoms with Crippen molar-refractivity contribution in [3.63, 3.8) is 0 Å². The average Bonchev–Trinajstić information content (AvgIpc) is 3.40. The minimum atomic E-state index is -3.69. The second-order valence-corrected chi connectivity index (χ2v) is 10.6. The molecule has 2 aliphatic rings. The number of benzene rings is 2. The zero-order valence-corrected chi connectivity index (χ0v) is 20.6. The first-order valence-electron chi connectivity index (χ1n) is 11.7. The van der Waals surface area contributed by atoms with Gasteiger partial charge in [0.2, 0.25) is 10.0 Å². The molecule has 2 aromatic rings. The highest BCUT2D eigenvalue weighted by molar-refractivity contribution is 7.89. The molecule has 1 amide bonds. The normalized spacial score (nSPS) is 18.5. The molecule has 0 saturated carbocycles. The standard InChI is InChI=1S/C25H33N3O5S/c1-19-5-6-21(17-24(19)34(30,31)28-13-15-33-16-14-28)25(29)26-18-23(27-11-3-4-12-27)20-7-9-22(32-2)10-8-20/h5-10,17,23H,3-4,11-16,18H2,1-2H3,(H,26,29)/t23-/m0/s1. The van der Waals surface area contributed by atoms with E-state index in [1.54, 1.807) is 26.2 Å². The van der Waals surface area contributed by atoms with Crippen LogP contribution in [-0.2, 0) is 14.8 Å². The van der Waals surface area contributed by atoms with E-state index in [4.69, 9.17) is 9.47 Å². The predicted octanol–water partition coefficient (Wildman–Crippen LogP) is 2.59. The van der Waals surface area contributed by atoms with Gasteiger partial charge < -0.3 is 14.8 Å². The number of morpholine rings is 1. The zero-order chi connectivity index (χ0) is 24.1. The second kappa shape index (κ2) is 10.9. The van der Waals surface area contributed by atoms with Crippen molar-refractivity contribution in [2.24, 2.45) is 0 Å². The number of hydrogen-bond donors (Lipinski definition) is 1. The lowest BCUT2D eigenvalue weighted by molar-refractivity contribution is 0.0730. The Balaban J connectivity index is 1.51. The number of nitrogens with zero attached hydrogens (tertiary/aromatic N) is 2. The predicted molar refractivity (Wildman–Crippen MR) is 130 cm³/mol. The SMILES string of the molecule is COc1ccc([C@H](CNC(=O)c2ccc(C)c(S(=O)(=O)N3CCOCC3)c2)N2CCCC2)cc1. The lowest BCUT2D eigenvalue weighted by atomic mass is 10.0. The molecule has 0 spiro atoms. The van der Waals surface area contributed by atoms with E-state index in [1.807, 2.05) is 24.3 Å². The average molecular weight is 488 g/mol. The Bertz CT molecular complexity index is 1090. The van der Waals surface area contributed by atoms with Gasteiger partial charge in [-0.3, -0.25) is 9.69 Å². The van der Waals surface area contributed by atoms with Crippen molar-refractivity contribution in [2.45, 2.75) is 30.7 Å². The fourth-order valence-corrected chi connectivity index (χ4v) is 6.23. The van der Waals surface area contributed by atoms with E-state index >= 15 is 0 Å². The first kappa shape index (κ1) is 24.7. The van der Waals surface area contributed by atoms with Crippen LogP contribution in [0.4, 0.5) is 0 Å². The number of hydrogen-bond acceptors (Lipinski definition) is 6. The van der Waals surface area contributed by atoms with Gasteiger partial charge in [0.1, 0.15) is 5.75 Å². The van der Waals surface area contributed by atoms with Crippen LogP contribution < -0.4 is 10.1 Å². The third kappa shape index (κ3) is 5.43. The van der Waals surface area contributed by atoms with Crippen molar-refractivity contribution < 1.29 is 22.7 Å². The van der Waals surface area contributed by atoms with E-state index in [0.29, 0.717) is 44.0 Å². The first-order chi connectivity index (χ1) is 16.4. The molecule has 2 heterocycles. The number of likely N-dealkylation sites (tertiary alicyclic amines) is 1. The molecule has 2 fully saturated rings. The molecule has 0 radical (unpaired) electrons. The maximum Gasteiger partial charge on any atom is 0.251 e. The van der Waals surface area contributed by atoms with Crippen LogP contribution in [0.15, 0.2) is 47.4 Å². The van der Waals surface area contributed by atoms with Gasteiger partial charge in [-0.25, -0.2) is 8.42 Å². The van der Waals surface area contributed by atoms with Gasteiger partial charge in [-0.1, -0.05) is 18.2 Å². The zero-order valence-electron chi connectivity index (χ0n) is 19.8. The van der Waals surface area contributed by atoms with Crippen molar-refractivity contribution in [2.75, 3.05) is 53.0 Å². The van der Waals surface area contributed by atoms with Gasteiger partial charge in [-0.2, -0.15) is 4.31 Å². The largest absolute Gasteiger partial charge is 0.497 e. The topological polar surface area (TPSA) is 88.2 Å². The van der Waals surface area contributed by atoms with Crippen molar-refractivity contribution in [3.05, 3.63) is 59.2 Å². The highest BCUT2D eigenvalue weighted by Crippen LogP contribution is 2.27. The number of methoxy groups -OCH3 is 1. The van der Waals surface area contributed by atoms with Crippen molar-refractivity contribution >= 4 is 15.9 Å². The maximum atomic E-state index is 13.2. The van der Waals surface area contributed by atoms with E-state index in [-0.39, 0.29) is 16.8 Å². The van der Waals surface area contributed by atoms with Gasteiger partial charge in [0.05, 0.1) is 31.3 Å². The van der Waals surface area contributed by atoms with Gasteiger partial charge in [0, 0.05) is 25.2 Å². The molecule has 0 bridgehead atoms.